The van der Waals surface area contributed by atoms with E-state index in [0.29, 0.717) is 12.3 Å². The van der Waals surface area contributed by atoms with Crippen LogP contribution in [0.1, 0.15) is 59.1 Å². The first-order valence-corrected chi connectivity index (χ1v) is 9.16. The molecule has 1 aromatic rings. The number of hydrogen-bond donors (Lipinski definition) is 1. The molecule has 0 bridgehead atoms. The fourth-order valence-corrected chi connectivity index (χ4v) is 2.64. The Labute approximate surface area is 157 Å². The SMILES string of the molecule is COc1[nH]c(C/C=C(\C)CC/C=C(\C)CCC=C(C)C)cc(=O)c1OC. The van der Waals surface area contributed by atoms with Gasteiger partial charge in [-0.3, -0.25) is 4.79 Å². The molecule has 0 saturated carbocycles. The summed E-state index contributed by atoms with van der Waals surface area (Å²) in [5.74, 6) is 0.585. The summed E-state index contributed by atoms with van der Waals surface area (Å²) in [6.45, 7) is 8.61. The molecule has 4 nitrogen and oxygen atoms in total. The molecule has 0 saturated heterocycles. The van der Waals surface area contributed by atoms with Gasteiger partial charge in [0.15, 0.2) is 0 Å². The topological polar surface area (TPSA) is 51.3 Å². The molecule has 0 atom stereocenters. The maximum atomic E-state index is 12.0. The number of pyridine rings is 1. The summed E-state index contributed by atoms with van der Waals surface area (Å²) in [6.07, 6.45) is 11.8. The molecule has 0 fully saturated rings. The second-order valence-corrected chi connectivity index (χ2v) is 6.89. The summed E-state index contributed by atoms with van der Waals surface area (Å²) in [5, 5.41) is 0. The summed E-state index contributed by atoms with van der Waals surface area (Å²) in [4.78, 5) is 15.1. The number of nitrogens with one attached hydrogen (secondary N) is 1. The molecule has 0 radical (unpaired) electrons. The van der Waals surface area contributed by atoms with Crippen LogP contribution in [0.2, 0.25) is 0 Å². The molecule has 1 aromatic heterocycles. The van der Waals surface area contributed by atoms with Gasteiger partial charge >= 0.3 is 0 Å². The van der Waals surface area contributed by atoms with Crippen molar-refractivity contribution in [3.05, 3.63) is 56.9 Å². The first kappa shape index (κ1) is 21.8. The summed E-state index contributed by atoms with van der Waals surface area (Å²) in [5.41, 5.74) is 4.79. The smallest absolute Gasteiger partial charge is 0.238 e. The van der Waals surface area contributed by atoms with Gasteiger partial charge in [0.25, 0.3) is 0 Å². The van der Waals surface area contributed by atoms with Gasteiger partial charge in [-0.1, -0.05) is 34.9 Å². The fraction of sp³-hybridized carbons (Fsp3) is 0.500. The average Bonchev–Trinajstić information content (AvgIpc) is 2.59. The lowest BCUT2D eigenvalue weighted by Crippen LogP contribution is -2.10. The highest BCUT2D eigenvalue weighted by molar-refractivity contribution is 5.35. The fourth-order valence-electron chi connectivity index (χ4n) is 2.64. The third-order valence-electron chi connectivity index (χ3n) is 4.21. The van der Waals surface area contributed by atoms with Crippen LogP contribution < -0.4 is 14.9 Å². The van der Waals surface area contributed by atoms with Gasteiger partial charge in [-0.15, -0.1) is 0 Å². The molecule has 26 heavy (non-hydrogen) atoms. The summed E-state index contributed by atoms with van der Waals surface area (Å²) in [7, 11) is 2.98. The second-order valence-electron chi connectivity index (χ2n) is 6.89. The molecule has 0 amide bonds. The number of ether oxygens (including phenoxy) is 2. The Morgan fingerprint density at radius 2 is 1.58 bits per heavy atom. The normalized spacial score (nSPS) is 12.1. The van der Waals surface area contributed by atoms with Crippen LogP contribution in [0.4, 0.5) is 0 Å². The van der Waals surface area contributed by atoms with Crippen LogP contribution in [0.5, 0.6) is 11.6 Å². The van der Waals surface area contributed by atoms with Crippen LogP contribution in [0.15, 0.2) is 45.8 Å². The minimum absolute atomic E-state index is 0.168. The number of hydrogen-bond acceptors (Lipinski definition) is 3. The first-order chi connectivity index (χ1) is 12.4. The van der Waals surface area contributed by atoms with Crippen molar-refractivity contribution in [2.24, 2.45) is 0 Å². The lowest BCUT2D eigenvalue weighted by Gasteiger charge is -2.08. The Hall–Kier alpha value is -2.23. The Morgan fingerprint density at radius 1 is 0.962 bits per heavy atom. The summed E-state index contributed by atoms with van der Waals surface area (Å²) < 4.78 is 10.3. The van der Waals surface area contributed by atoms with Crippen LogP contribution in [0, 0.1) is 0 Å². The van der Waals surface area contributed by atoms with Crippen LogP contribution in [0.25, 0.3) is 0 Å². The van der Waals surface area contributed by atoms with Crippen molar-refractivity contribution in [3.8, 4) is 11.6 Å². The standard InChI is InChI=1S/C22H33NO3/c1-16(2)9-7-10-17(3)11-8-12-18(4)13-14-19-15-20(24)21(25-5)22(23-19)26-6/h9,11,13,15H,7-8,10,12,14H2,1-6H3,(H,23,24)/b17-11+,18-13+. The molecule has 0 aliphatic heterocycles. The highest BCUT2D eigenvalue weighted by Crippen LogP contribution is 2.20. The van der Waals surface area contributed by atoms with Gasteiger partial charge in [-0.05, 0) is 53.4 Å². The minimum Gasteiger partial charge on any atom is -0.488 e. The van der Waals surface area contributed by atoms with E-state index in [1.807, 2.05) is 0 Å². The van der Waals surface area contributed by atoms with Crippen LogP contribution >= 0.6 is 0 Å². The van der Waals surface area contributed by atoms with Gasteiger partial charge in [0.05, 0.1) is 14.2 Å². The third kappa shape index (κ3) is 7.77. The molecule has 0 aromatic carbocycles. The van der Waals surface area contributed by atoms with Gasteiger partial charge in [0.2, 0.25) is 17.1 Å². The number of rotatable bonds is 10. The Balaban J connectivity index is 2.57. The van der Waals surface area contributed by atoms with E-state index in [9.17, 15) is 4.79 Å². The zero-order valence-electron chi connectivity index (χ0n) is 17.1. The molecule has 144 valence electrons. The van der Waals surface area contributed by atoms with Crippen LogP contribution in [-0.4, -0.2) is 19.2 Å². The van der Waals surface area contributed by atoms with E-state index < -0.39 is 0 Å². The molecular formula is C22H33NO3. The quantitative estimate of drug-likeness (QED) is 0.573. The van der Waals surface area contributed by atoms with E-state index in [4.69, 9.17) is 9.47 Å². The monoisotopic (exact) mass is 359 g/mol. The van der Waals surface area contributed by atoms with Gasteiger partial charge in [-0.2, -0.15) is 0 Å². The van der Waals surface area contributed by atoms with Crippen molar-refractivity contribution in [2.75, 3.05) is 14.2 Å². The Bertz CT molecular complexity index is 719. The highest BCUT2D eigenvalue weighted by atomic mass is 16.5. The second kappa shape index (κ2) is 11.4. The number of aromatic nitrogens is 1. The average molecular weight is 360 g/mol. The molecule has 0 aliphatic rings. The van der Waals surface area contributed by atoms with Crippen molar-refractivity contribution >= 4 is 0 Å². The molecule has 1 rings (SSSR count). The van der Waals surface area contributed by atoms with Gasteiger partial charge in [0, 0.05) is 18.2 Å². The molecule has 4 heteroatoms. The van der Waals surface area contributed by atoms with E-state index in [1.165, 1.54) is 30.9 Å². The molecule has 1 heterocycles. The Kier molecular flexibility index (Phi) is 9.56. The molecular weight excluding hydrogens is 326 g/mol. The molecule has 0 unspecified atom stereocenters. The maximum absolute atomic E-state index is 12.0. The largest absolute Gasteiger partial charge is 0.488 e. The molecule has 1 N–H and O–H groups in total. The molecule has 0 spiro atoms. The van der Waals surface area contributed by atoms with E-state index in [0.717, 1.165) is 31.4 Å². The maximum Gasteiger partial charge on any atom is 0.238 e. The minimum atomic E-state index is -0.168. The van der Waals surface area contributed by atoms with E-state index in [2.05, 4.69) is 50.9 Å². The van der Waals surface area contributed by atoms with Gasteiger partial charge < -0.3 is 14.5 Å². The first-order valence-electron chi connectivity index (χ1n) is 9.16. The molecule has 0 aliphatic carbocycles. The van der Waals surface area contributed by atoms with E-state index in [1.54, 1.807) is 6.07 Å². The summed E-state index contributed by atoms with van der Waals surface area (Å²) >= 11 is 0. The van der Waals surface area contributed by atoms with Crippen molar-refractivity contribution in [3.63, 3.8) is 0 Å². The number of aromatic amines is 1. The lowest BCUT2D eigenvalue weighted by atomic mass is 10.1. The third-order valence-corrected chi connectivity index (χ3v) is 4.21. The predicted molar refractivity (Wildman–Crippen MR) is 109 cm³/mol. The van der Waals surface area contributed by atoms with E-state index >= 15 is 0 Å². The number of H-pyrrole nitrogens is 1. The van der Waals surface area contributed by atoms with Crippen molar-refractivity contribution in [1.29, 1.82) is 0 Å². The van der Waals surface area contributed by atoms with E-state index in [-0.39, 0.29) is 11.2 Å². The number of methoxy groups -OCH3 is 2. The Morgan fingerprint density at radius 3 is 2.15 bits per heavy atom. The van der Waals surface area contributed by atoms with Gasteiger partial charge in [-0.25, -0.2) is 0 Å². The zero-order chi connectivity index (χ0) is 19.5. The highest BCUT2D eigenvalue weighted by Gasteiger charge is 2.09. The predicted octanol–water partition coefficient (Wildman–Crippen LogP) is 5.35. The van der Waals surface area contributed by atoms with Crippen molar-refractivity contribution < 1.29 is 9.47 Å². The van der Waals surface area contributed by atoms with Gasteiger partial charge in [0.1, 0.15) is 0 Å². The zero-order valence-corrected chi connectivity index (χ0v) is 17.1. The summed E-state index contributed by atoms with van der Waals surface area (Å²) in [6, 6.07) is 1.57. The van der Waals surface area contributed by atoms with Crippen molar-refractivity contribution in [1.82, 2.24) is 4.98 Å². The van der Waals surface area contributed by atoms with Crippen molar-refractivity contribution in [2.45, 2.75) is 59.8 Å². The number of allylic oxidation sites excluding steroid dienone is 6. The van der Waals surface area contributed by atoms with Crippen LogP contribution in [0.3, 0.4) is 0 Å². The van der Waals surface area contributed by atoms with Crippen LogP contribution in [-0.2, 0) is 6.42 Å². The lowest BCUT2D eigenvalue weighted by molar-refractivity contribution is 0.339.